The minimum absolute atomic E-state index is 0. The Bertz CT molecular complexity index is 1540. The fourth-order valence-corrected chi connectivity index (χ4v) is 4.40. The van der Waals surface area contributed by atoms with Crippen LogP contribution < -0.4 is 0 Å². The summed E-state index contributed by atoms with van der Waals surface area (Å²) in [7, 11) is 0. The Kier molecular flexibility index (Phi) is 5.83. The summed E-state index contributed by atoms with van der Waals surface area (Å²) in [5.41, 5.74) is 3.06. The first-order chi connectivity index (χ1) is 15.9. The molecule has 0 aliphatic rings. The number of pyridine rings is 2. The van der Waals surface area contributed by atoms with Gasteiger partial charge in [0.05, 0.1) is 0 Å². The van der Waals surface area contributed by atoms with E-state index < -0.39 is 0 Å². The van der Waals surface area contributed by atoms with Crippen molar-refractivity contribution in [2.24, 2.45) is 0 Å². The first kappa shape index (κ1) is 21.2. The van der Waals surface area contributed by atoms with E-state index in [2.05, 4.69) is 64.6 Å². The molecule has 0 atom stereocenters. The molecule has 0 aliphatic heterocycles. The number of benzene rings is 5. The van der Waals surface area contributed by atoms with Gasteiger partial charge in [-0.1, -0.05) is 53.9 Å². The Hall–Kier alpha value is -3.65. The van der Waals surface area contributed by atoms with Crippen LogP contribution in [0.5, 0.6) is 0 Å². The van der Waals surface area contributed by atoms with Gasteiger partial charge in [-0.2, -0.15) is 0 Å². The van der Waals surface area contributed by atoms with Crippen molar-refractivity contribution >= 4 is 43.2 Å². The minimum atomic E-state index is 0. The number of fused-ring (bicyclic) bond motifs is 3. The molecule has 0 saturated heterocycles. The third kappa shape index (κ3) is 3.76. The van der Waals surface area contributed by atoms with Gasteiger partial charge in [-0.05, 0) is 44.9 Å². The van der Waals surface area contributed by atoms with Crippen LogP contribution in [0.15, 0.2) is 109 Å². The second-order valence-corrected chi connectivity index (χ2v) is 7.68. The minimum Gasteiger partial charge on any atom is -0.305 e. The van der Waals surface area contributed by atoms with Gasteiger partial charge in [0.1, 0.15) is 0 Å². The van der Waals surface area contributed by atoms with Crippen LogP contribution in [0.1, 0.15) is 0 Å². The molecule has 0 bridgehead atoms. The molecule has 0 unspecified atom stereocenters. The standard InChI is InChI=1S/C19H10N.C11H8N.Ir/c1-4-12-9-10-13-5-2-7-16-18(13)17(12)14(6-1)15-8-3-11-20-19(15)16;1-2-6-10(7-3-1)11-8-4-5-9-12-11;/h1-6,8-11H;1-6,8-9H;/q2*-1;. The molecule has 0 aliphatic carbocycles. The number of aromatic nitrogens is 2. The number of nitrogens with zero attached hydrogens (tertiary/aromatic N) is 2. The van der Waals surface area contributed by atoms with Crippen LogP contribution in [-0.2, 0) is 20.1 Å². The number of hydrogen-bond acceptors (Lipinski definition) is 2. The zero-order valence-electron chi connectivity index (χ0n) is 17.6. The van der Waals surface area contributed by atoms with Crippen molar-refractivity contribution in [3.63, 3.8) is 0 Å². The van der Waals surface area contributed by atoms with Gasteiger partial charge in [-0.25, -0.2) is 0 Å². The summed E-state index contributed by atoms with van der Waals surface area (Å²) in [6, 6.07) is 39.4. The van der Waals surface area contributed by atoms with Gasteiger partial charge < -0.3 is 9.97 Å². The SMILES string of the molecule is [Ir].[c-]1ccc2ccc3cccc4c5cccnc5c1c2c34.[c-]1ccccc1-c1ccccn1. The smallest absolute Gasteiger partial charge is 0.0161 e. The zero-order valence-corrected chi connectivity index (χ0v) is 20.0. The molecule has 2 nitrogen and oxygen atoms in total. The monoisotopic (exact) mass is 599 g/mol. The van der Waals surface area contributed by atoms with Crippen molar-refractivity contribution in [3.05, 3.63) is 122 Å². The molecule has 7 rings (SSSR count). The van der Waals surface area contributed by atoms with Crippen molar-refractivity contribution in [3.8, 4) is 11.3 Å². The zero-order chi connectivity index (χ0) is 21.3. The van der Waals surface area contributed by atoms with E-state index in [1.54, 1.807) is 6.20 Å². The fraction of sp³-hybridized carbons (Fsp3) is 0. The van der Waals surface area contributed by atoms with Crippen molar-refractivity contribution < 1.29 is 20.1 Å². The van der Waals surface area contributed by atoms with Crippen LogP contribution in [0.25, 0.3) is 54.5 Å². The van der Waals surface area contributed by atoms with E-state index in [4.69, 9.17) is 0 Å². The van der Waals surface area contributed by atoms with E-state index in [1.165, 1.54) is 32.3 Å². The van der Waals surface area contributed by atoms with E-state index >= 15 is 0 Å². The molecule has 0 N–H and O–H groups in total. The van der Waals surface area contributed by atoms with E-state index in [9.17, 15) is 0 Å². The van der Waals surface area contributed by atoms with Crippen LogP contribution >= 0.6 is 0 Å². The van der Waals surface area contributed by atoms with Gasteiger partial charge in [-0.15, -0.1) is 64.9 Å². The molecule has 0 amide bonds. The summed E-state index contributed by atoms with van der Waals surface area (Å²) in [6.07, 6.45) is 3.65. The first-order valence-corrected chi connectivity index (χ1v) is 10.6. The maximum atomic E-state index is 4.60. The van der Waals surface area contributed by atoms with Gasteiger partial charge in [-0.3, -0.25) is 0 Å². The molecule has 0 fully saturated rings. The van der Waals surface area contributed by atoms with Gasteiger partial charge in [0.2, 0.25) is 0 Å². The third-order valence-corrected chi connectivity index (χ3v) is 5.80. The summed E-state index contributed by atoms with van der Waals surface area (Å²) in [4.78, 5) is 8.82. The van der Waals surface area contributed by atoms with Crippen molar-refractivity contribution in [1.29, 1.82) is 0 Å². The summed E-state index contributed by atoms with van der Waals surface area (Å²) in [5, 5.41) is 8.77. The van der Waals surface area contributed by atoms with Crippen LogP contribution in [0, 0.1) is 12.1 Å². The predicted molar refractivity (Wildman–Crippen MR) is 133 cm³/mol. The first-order valence-electron chi connectivity index (χ1n) is 10.6. The van der Waals surface area contributed by atoms with Crippen molar-refractivity contribution in [2.75, 3.05) is 0 Å². The Labute approximate surface area is 205 Å². The second kappa shape index (κ2) is 9.07. The maximum Gasteiger partial charge on any atom is 0.0161 e. The summed E-state index contributed by atoms with van der Waals surface area (Å²) >= 11 is 0. The number of rotatable bonds is 1. The molecular weight excluding hydrogens is 581 g/mol. The Morgan fingerprint density at radius 1 is 0.545 bits per heavy atom. The maximum absolute atomic E-state index is 4.60. The molecule has 3 heteroatoms. The molecule has 7 aromatic rings. The van der Waals surface area contributed by atoms with Crippen LogP contribution in [0.2, 0.25) is 0 Å². The topological polar surface area (TPSA) is 25.8 Å². The molecule has 159 valence electrons. The van der Waals surface area contributed by atoms with Gasteiger partial charge in [0.15, 0.2) is 0 Å². The van der Waals surface area contributed by atoms with Crippen LogP contribution in [-0.4, -0.2) is 9.97 Å². The quantitative estimate of drug-likeness (QED) is 0.111. The summed E-state index contributed by atoms with van der Waals surface area (Å²) in [5.74, 6) is 0. The average molecular weight is 599 g/mol. The number of hydrogen-bond donors (Lipinski definition) is 0. The van der Waals surface area contributed by atoms with E-state index in [0.29, 0.717) is 0 Å². The van der Waals surface area contributed by atoms with Crippen molar-refractivity contribution in [2.45, 2.75) is 0 Å². The Morgan fingerprint density at radius 2 is 1.36 bits per heavy atom. The van der Waals surface area contributed by atoms with E-state index in [1.807, 2.05) is 60.8 Å². The van der Waals surface area contributed by atoms with Gasteiger partial charge >= 0.3 is 0 Å². The Morgan fingerprint density at radius 3 is 2.18 bits per heavy atom. The second-order valence-electron chi connectivity index (χ2n) is 7.68. The predicted octanol–water partition coefficient (Wildman–Crippen LogP) is 7.48. The average Bonchev–Trinajstić information content (AvgIpc) is 2.89. The molecule has 2 aromatic heterocycles. The summed E-state index contributed by atoms with van der Waals surface area (Å²) < 4.78 is 0. The molecule has 5 aromatic carbocycles. The summed E-state index contributed by atoms with van der Waals surface area (Å²) in [6.45, 7) is 0. The normalized spacial score (nSPS) is 10.8. The Balaban J connectivity index is 0.000000152. The molecule has 2 heterocycles. The molecule has 0 saturated carbocycles. The molecule has 33 heavy (non-hydrogen) atoms. The van der Waals surface area contributed by atoms with Crippen LogP contribution in [0.3, 0.4) is 0 Å². The van der Waals surface area contributed by atoms with Gasteiger partial charge in [0, 0.05) is 32.5 Å². The molecule has 1 radical (unpaired) electrons. The van der Waals surface area contributed by atoms with E-state index in [-0.39, 0.29) is 20.1 Å². The largest absolute Gasteiger partial charge is 0.305 e. The molecular formula is C30H18IrN2-2. The third-order valence-electron chi connectivity index (χ3n) is 5.80. The van der Waals surface area contributed by atoms with Crippen LogP contribution in [0.4, 0.5) is 0 Å². The molecule has 0 spiro atoms. The fourth-order valence-electron chi connectivity index (χ4n) is 4.40. The van der Waals surface area contributed by atoms with Gasteiger partial charge in [0.25, 0.3) is 0 Å². The van der Waals surface area contributed by atoms with Crippen molar-refractivity contribution in [1.82, 2.24) is 9.97 Å². The van der Waals surface area contributed by atoms with E-state index in [0.717, 1.165) is 22.2 Å².